The molecule has 220 valence electrons. The summed E-state index contributed by atoms with van der Waals surface area (Å²) in [4.78, 5) is 51.5. The molecule has 9 nitrogen and oxygen atoms in total. The molecule has 4 fully saturated rings. The van der Waals surface area contributed by atoms with Crippen LogP contribution >= 0.6 is 11.3 Å². The summed E-state index contributed by atoms with van der Waals surface area (Å²) in [6.45, 7) is 8.79. The number of nitrogens with zero attached hydrogens (tertiary/aromatic N) is 4. The molecule has 10 heteroatoms. The van der Waals surface area contributed by atoms with Gasteiger partial charge in [0.25, 0.3) is 5.91 Å². The van der Waals surface area contributed by atoms with E-state index in [0.29, 0.717) is 18.0 Å². The van der Waals surface area contributed by atoms with E-state index < -0.39 is 12.1 Å². The van der Waals surface area contributed by atoms with Crippen LogP contribution in [0, 0.1) is 17.8 Å². The predicted molar refractivity (Wildman–Crippen MR) is 159 cm³/mol. The number of carbonyl (C=O) groups is 3. The van der Waals surface area contributed by atoms with E-state index in [1.54, 1.807) is 16.2 Å². The van der Waals surface area contributed by atoms with Crippen molar-refractivity contribution in [3.63, 3.8) is 0 Å². The molecule has 0 unspecified atom stereocenters. The van der Waals surface area contributed by atoms with Gasteiger partial charge in [0.1, 0.15) is 18.7 Å². The lowest BCUT2D eigenvalue weighted by Crippen LogP contribution is -2.54. The lowest BCUT2D eigenvalue weighted by atomic mass is 9.91. The number of Topliss-reactive ketones (excluding diaryl/α,β-unsaturated/α-hetero) is 1. The Kier molecular flexibility index (Phi) is 8.16. The summed E-state index contributed by atoms with van der Waals surface area (Å²) in [5.41, 5.74) is 2.38. The van der Waals surface area contributed by atoms with E-state index in [1.807, 2.05) is 24.3 Å². The Morgan fingerprint density at radius 1 is 1.07 bits per heavy atom. The van der Waals surface area contributed by atoms with Crippen LogP contribution in [0.4, 0.5) is 5.13 Å². The first-order valence-corrected chi connectivity index (χ1v) is 15.9. The van der Waals surface area contributed by atoms with Gasteiger partial charge in [-0.3, -0.25) is 14.4 Å². The van der Waals surface area contributed by atoms with Crippen LogP contribution in [-0.4, -0.2) is 96.9 Å². The van der Waals surface area contributed by atoms with Crippen molar-refractivity contribution >= 4 is 34.1 Å². The standard InChI is InChI=1S/C31H41N5O4S/c1-19(2)23-16-36(27-25(37)17-40-28(23)27)30(39)26(21-6-4-5-7-21)33-29(38)22-10-8-20(9-11-22)24-18-41-31(32-24)35-14-12-34(3)13-15-35/h8-11,18-19,21,23,26-28H,4-7,12-17H2,1-3H3,(H,33,38)/t23-,26-,27+,28+/m0/s1. The van der Waals surface area contributed by atoms with E-state index in [0.717, 1.165) is 68.3 Å². The van der Waals surface area contributed by atoms with Crippen LogP contribution in [0.25, 0.3) is 11.3 Å². The van der Waals surface area contributed by atoms with E-state index in [1.165, 1.54) is 0 Å². The highest BCUT2D eigenvalue weighted by molar-refractivity contribution is 7.14. The summed E-state index contributed by atoms with van der Waals surface area (Å²) in [7, 11) is 2.14. The molecule has 2 amide bonds. The number of likely N-dealkylation sites (tertiary alicyclic amines) is 1. The molecule has 1 N–H and O–H groups in total. The molecule has 0 radical (unpaired) electrons. The third-order valence-electron chi connectivity index (χ3n) is 9.50. The number of ketones is 1. The topological polar surface area (TPSA) is 95.1 Å². The summed E-state index contributed by atoms with van der Waals surface area (Å²) in [5.74, 6) is 0.0465. The van der Waals surface area contributed by atoms with E-state index in [4.69, 9.17) is 9.72 Å². The molecule has 41 heavy (non-hydrogen) atoms. The highest BCUT2D eigenvalue weighted by Crippen LogP contribution is 2.38. The quantitative estimate of drug-likeness (QED) is 0.538. The average Bonchev–Trinajstić information content (AvgIpc) is 3.78. The summed E-state index contributed by atoms with van der Waals surface area (Å²) < 4.78 is 5.85. The fourth-order valence-electron chi connectivity index (χ4n) is 6.92. The van der Waals surface area contributed by atoms with Gasteiger partial charge in [0.2, 0.25) is 5.91 Å². The van der Waals surface area contributed by atoms with Crippen molar-refractivity contribution in [2.45, 2.75) is 57.7 Å². The summed E-state index contributed by atoms with van der Waals surface area (Å²) in [5, 5.41) is 6.19. The second-order valence-electron chi connectivity index (χ2n) is 12.5. The molecule has 1 aromatic heterocycles. The number of benzene rings is 1. The van der Waals surface area contributed by atoms with Gasteiger partial charge in [0.15, 0.2) is 10.9 Å². The molecule has 1 aliphatic carbocycles. The van der Waals surface area contributed by atoms with Gasteiger partial charge >= 0.3 is 0 Å². The molecule has 0 bridgehead atoms. The van der Waals surface area contributed by atoms with Gasteiger partial charge in [-0.2, -0.15) is 0 Å². The van der Waals surface area contributed by atoms with Crippen molar-refractivity contribution in [2.75, 3.05) is 51.3 Å². The predicted octanol–water partition coefficient (Wildman–Crippen LogP) is 3.30. The first-order chi connectivity index (χ1) is 19.8. The molecule has 4 aliphatic rings. The highest BCUT2D eigenvalue weighted by Gasteiger charge is 2.54. The number of aromatic nitrogens is 1. The molecule has 4 heterocycles. The monoisotopic (exact) mass is 579 g/mol. The molecule has 6 rings (SSSR count). The van der Waals surface area contributed by atoms with Gasteiger partial charge < -0.3 is 24.8 Å². The first kappa shape index (κ1) is 28.3. The maximum Gasteiger partial charge on any atom is 0.251 e. The SMILES string of the molecule is CC(C)[C@@H]1CN(C(=O)[C@@H](NC(=O)c2ccc(-c3csc(N4CCN(C)CC4)n3)cc2)C2CCCC2)[C@@H]2C(=O)CO[C@@H]21. The Balaban J connectivity index is 1.16. The van der Waals surface area contributed by atoms with E-state index in [-0.39, 0.29) is 42.1 Å². The average molecular weight is 580 g/mol. The van der Waals surface area contributed by atoms with Crippen LogP contribution in [0.1, 0.15) is 49.9 Å². The van der Waals surface area contributed by atoms with Gasteiger partial charge in [-0.15, -0.1) is 11.3 Å². The Morgan fingerprint density at radius 3 is 2.46 bits per heavy atom. The Labute approximate surface area is 246 Å². The van der Waals surface area contributed by atoms with Crippen molar-refractivity contribution in [1.82, 2.24) is 20.1 Å². The van der Waals surface area contributed by atoms with Crippen LogP contribution in [0.3, 0.4) is 0 Å². The minimum Gasteiger partial charge on any atom is -0.367 e. The fraction of sp³-hybridized carbons (Fsp3) is 0.613. The second kappa shape index (κ2) is 11.8. The third-order valence-corrected chi connectivity index (χ3v) is 10.4. The molecular weight excluding hydrogens is 538 g/mol. The molecule has 1 saturated carbocycles. The number of hydrogen-bond donors (Lipinski definition) is 1. The van der Waals surface area contributed by atoms with Crippen molar-refractivity contribution in [3.05, 3.63) is 35.2 Å². The maximum atomic E-state index is 14.0. The minimum atomic E-state index is -0.644. The van der Waals surface area contributed by atoms with Crippen molar-refractivity contribution in [2.24, 2.45) is 17.8 Å². The number of ether oxygens (including phenoxy) is 1. The van der Waals surface area contributed by atoms with E-state index in [2.05, 4.69) is 41.4 Å². The summed E-state index contributed by atoms with van der Waals surface area (Å²) in [6.07, 6.45) is 3.64. The minimum absolute atomic E-state index is 0.0311. The number of carbonyl (C=O) groups excluding carboxylic acids is 3. The van der Waals surface area contributed by atoms with Crippen LogP contribution in [0.2, 0.25) is 0 Å². The summed E-state index contributed by atoms with van der Waals surface area (Å²) >= 11 is 1.65. The number of likely N-dealkylation sites (N-methyl/N-ethyl adjacent to an activating group) is 1. The number of fused-ring (bicyclic) bond motifs is 1. The molecule has 0 spiro atoms. The number of piperazine rings is 1. The van der Waals surface area contributed by atoms with Gasteiger partial charge in [0, 0.05) is 55.1 Å². The molecule has 3 aliphatic heterocycles. The number of rotatable bonds is 7. The van der Waals surface area contributed by atoms with Gasteiger partial charge in [-0.25, -0.2) is 4.98 Å². The summed E-state index contributed by atoms with van der Waals surface area (Å²) in [6, 6.07) is 6.29. The smallest absolute Gasteiger partial charge is 0.251 e. The molecule has 2 aromatic rings. The highest BCUT2D eigenvalue weighted by atomic mass is 32.1. The first-order valence-electron chi connectivity index (χ1n) is 15.0. The lowest BCUT2D eigenvalue weighted by Gasteiger charge is -2.32. The Morgan fingerprint density at radius 2 is 1.78 bits per heavy atom. The number of nitrogens with one attached hydrogen (secondary N) is 1. The maximum absolute atomic E-state index is 14.0. The number of anilines is 1. The number of thiazole rings is 1. The van der Waals surface area contributed by atoms with Crippen LogP contribution in [-0.2, 0) is 14.3 Å². The number of amides is 2. The normalized spacial score (nSPS) is 26.1. The number of hydrogen-bond acceptors (Lipinski definition) is 8. The third kappa shape index (κ3) is 5.66. The van der Waals surface area contributed by atoms with Crippen molar-refractivity contribution in [1.29, 1.82) is 0 Å². The zero-order valence-electron chi connectivity index (χ0n) is 24.3. The van der Waals surface area contributed by atoms with E-state index >= 15 is 0 Å². The molecule has 4 atom stereocenters. The zero-order valence-corrected chi connectivity index (χ0v) is 25.1. The van der Waals surface area contributed by atoms with Gasteiger partial charge in [-0.05, 0) is 43.9 Å². The van der Waals surface area contributed by atoms with Gasteiger partial charge in [-0.1, -0.05) is 38.8 Å². The molecule has 1 aromatic carbocycles. The molecule has 3 saturated heterocycles. The van der Waals surface area contributed by atoms with Crippen molar-refractivity contribution in [3.8, 4) is 11.3 Å². The fourth-order valence-corrected chi connectivity index (χ4v) is 7.80. The van der Waals surface area contributed by atoms with Crippen molar-refractivity contribution < 1.29 is 19.1 Å². The largest absolute Gasteiger partial charge is 0.367 e. The van der Waals surface area contributed by atoms with Gasteiger partial charge in [0.05, 0.1) is 11.8 Å². The molecular formula is C31H41N5O4S. The van der Waals surface area contributed by atoms with E-state index in [9.17, 15) is 14.4 Å². The zero-order chi connectivity index (χ0) is 28.7. The Hall–Kier alpha value is -2.82. The van der Waals surface area contributed by atoms with Crippen LogP contribution in [0.5, 0.6) is 0 Å². The van der Waals surface area contributed by atoms with Crippen LogP contribution < -0.4 is 10.2 Å². The lowest BCUT2D eigenvalue weighted by molar-refractivity contribution is -0.139. The van der Waals surface area contributed by atoms with Crippen LogP contribution in [0.15, 0.2) is 29.6 Å². The second-order valence-corrected chi connectivity index (χ2v) is 13.3. The Bertz CT molecular complexity index is 1270.